The molecule has 2 aromatic carbocycles. The zero-order chi connectivity index (χ0) is 15.2. The minimum absolute atomic E-state index is 0.274. The summed E-state index contributed by atoms with van der Waals surface area (Å²) in [5.74, 6) is -0.302. The summed E-state index contributed by atoms with van der Waals surface area (Å²) < 4.78 is 12.8. The van der Waals surface area contributed by atoms with Gasteiger partial charge in [-0.15, -0.1) is 0 Å². The quantitative estimate of drug-likeness (QED) is 0.939. The van der Waals surface area contributed by atoms with Gasteiger partial charge in [0.15, 0.2) is 0 Å². The largest absolute Gasteiger partial charge is 0.323 e. The van der Waals surface area contributed by atoms with Crippen molar-refractivity contribution in [3.8, 4) is 6.07 Å². The lowest BCUT2D eigenvalue weighted by Gasteiger charge is -2.18. The third-order valence-electron chi connectivity index (χ3n) is 2.94. The Balaban J connectivity index is 1.95. The second-order valence-corrected chi connectivity index (χ2v) is 4.60. The fourth-order valence-corrected chi connectivity index (χ4v) is 1.78. The molecule has 2 aromatic rings. The molecule has 0 aliphatic carbocycles. The van der Waals surface area contributed by atoms with Gasteiger partial charge in [-0.05, 0) is 42.0 Å². The Bertz CT molecular complexity index is 659. The van der Waals surface area contributed by atoms with Crippen molar-refractivity contribution in [1.29, 1.82) is 5.26 Å². The number of urea groups is 1. The molecule has 21 heavy (non-hydrogen) atoms. The Hall–Kier alpha value is -2.87. The molecule has 0 fully saturated rings. The van der Waals surface area contributed by atoms with Gasteiger partial charge >= 0.3 is 6.03 Å². The summed E-state index contributed by atoms with van der Waals surface area (Å²) in [6.45, 7) is 0.377. The zero-order valence-electron chi connectivity index (χ0n) is 11.5. The first-order valence-corrected chi connectivity index (χ1v) is 6.35. The van der Waals surface area contributed by atoms with Crippen molar-refractivity contribution in [2.24, 2.45) is 0 Å². The summed E-state index contributed by atoms with van der Waals surface area (Å²) in [6, 6.07) is 14.4. The van der Waals surface area contributed by atoms with Crippen LogP contribution in [0.3, 0.4) is 0 Å². The van der Waals surface area contributed by atoms with Crippen LogP contribution in [-0.4, -0.2) is 18.0 Å². The van der Waals surface area contributed by atoms with E-state index in [1.54, 1.807) is 43.4 Å². The van der Waals surface area contributed by atoms with Crippen molar-refractivity contribution >= 4 is 11.7 Å². The van der Waals surface area contributed by atoms with Gasteiger partial charge in [-0.1, -0.05) is 12.1 Å². The second kappa shape index (κ2) is 6.53. The molecule has 0 spiro atoms. The van der Waals surface area contributed by atoms with Crippen LogP contribution in [-0.2, 0) is 6.54 Å². The molecule has 0 aliphatic rings. The molecule has 0 heterocycles. The van der Waals surface area contributed by atoms with E-state index in [1.807, 2.05) is 6.07 Å². The molecule has 0 aromatic heterocycles. The van der Waals surface area contributed by atoms with E-state index < -0.39 is 0 Å². The van der Waals surface area contributed by atoms with E-state index in [-0.39, 0.29) is 11.8 Å². The van der Waals surface area contributed by atoms with Crippen LogP contribution in [0, 0.1) is 17.1 Å². The van der Waals surface area contributed by atoms with Crippen LogP contribution in [0.1, 0.15) is 11.1 Å². The number of benzene rings is 2. The van der Waals surface area contributed by atoms with E-state index in [0.717, 1.165) is 5.56 Å². The molecule has 0 bridgehead atoms. The Morgan fingerprint density at radius 2 is 1.81 bits per heavy atom. The van der Waals surface area contributed by atoms with Crippen molar-refractivity contribution in [2.75, 3.05) is 12.4 Å². The van der Waals surface area contributed by atoms with Crippen LogP contribution in [0.4, 0.5) is 14.9 Å². The summed E-state index contributed by atoms with van der Waals surface area (Å²) in [7, 11) is 1.66. The van der Waals surface area contributed by atoms with Crippen molar-refractivity contribution < 1.29 is 9.18 Å². The molecule has 5 heteroatoms. The fourth-order valence-electron chi connectivity index (χ4n) is 1.78. The minimum atomic E-state index is -0.302. The minimum Gasteiger partial charge on any atom is -0.323 e. The molecule has 1 N–H and O–H groups in total. The number of hydrogen-bond donors (Lipinski definition) is 1. The summed E-state index contributed by atoms with van der Waals surface area (Å²) in [5.41, 5.74) is 1.99. The van der Waals surface area contributed by atoms with Gasteiger partial charge in [0.25, 0.3) is 0 Å². The van der Waals surface area contributed by atoms with Gasteiger partial charge in [0.05, 0.1) is 11.6 Å². The van der Waals surface area contributed by atoms with Crippen LogP contribution >= 0.6 is 0 Å². The molecule has 2 rings (SSSR count). The number of anilines is 1. The summed E-state index contributed by atoms with van der Waals surface area (Å²) in [4.78, 5) is 13.5. The lowest BCUT2D eigenvalue weighted by atomic mass is 10.2. The molecule has 0 unspecified atom stereocenters. The van der Waals surface area contributed by atoms with Crippen molar-refractivity contribution in [3.63, 3.8) is 0 Å². The first-order chi connectivity index (χ1) is 10.1. The maximum Gasteiger partial charge on any atom is 0.321 e. The van der Waals surface area contributed by atoms with E-state index in [4.69, 9.17) is 5.26 Å². The lowest BCUT2D eigenvalue weighted by Crippen LogP contribution is -2.30. The number of nitrogens with one attached hydrogen (secondary N) is 1. The van der Waals surface area contributed by atoms with Gasteiger partial charge in [0, 0.05) is 19.3 Å². The zero-order valence-corrected chi connectivity index (χ0v) is 11.5. The number of nitrogens with zero attached hydrogens (tertiary/aromatic N) is 2. The Morgan fingerprint density at radius 1 is 1.19 bits per heavy atom. The Morgan fingerprint density at radius 3 is 2.38 bits per heavy atom. The normalized spacial score (nSPS) is 9.76. The van der Waals surface area contributed by atoms with E-state index in [9.17, 15) is 9.18 Å². The highest BCUT2D eigenvalue weighted by Crippen LogP contribution is 2.11. The van der Waals surface area contributed by atoms with E-state index >= 15 is 0 Å². The van der Waals surface area contributed by atoms with Crippen LogP contribution in [0.5, 0.6) is 0 Å². The average molecular weight is 283 g/mol. The topological polar surface area (TPSA) is 56.1 Å². The summed E-state index contributed by atoms with van der Waals surface area (Å²) in [5, 5.41) is 11.4. The maximum absolute atomic E-state index is 12.8. The molecule has 4 nitrogen and oxygen atoms in total. The van der Waals surface area contributed by atoms with E-state index in [1.165, 1.54) is 17.0 Å². The fraction of sp³-hybridized carbons (Fsp3) is 0.125. The Labute approximate surface area is 122 Å². The first kappa shape index (κ1) is 14.5. The SMILES string of the molecule is CN(Cc1ccc(F)cc1)C(=O)Nc1ccc(C#N)cc1. The third kappa shape index (κ3) is 4.05. The molecular weight excluding hydrogens is 269 g/mol. The smallest absolute Gasteiger partial charge is 0.321 e. The van der Waals surface area contributed by atoms with Crippen molar-refractivity contribution in [2.45, 2.75) is 6.54 Å². The van der Waals surface area contributed by atoms with Gasteiger partial charge < -0.3 is 10.2 Å². The first-order valence-electron chi connectivity index (χ1n) is 6.35. The van der Waals surface area contributed by atoms with Gasteiger partial charge in [0.2, 0.25) is 0 Å². The number of carbonyl (C=O) groups is 1. The lowest BCUT2D eigenvalue weighted by molar-refractivity contribution is 0.220. The monoisotopic (exact) mass is 283 g/mol. The van der Waals surface area contributed by atoms with Gasteiger partial charge in [-0.3, -0.25) is 0 Å². The van der Waals surface area contributed by atoms with Gasteiger partial charge in [-0.2, -0.15) is 5.26 Å². The number of rotatable bonds is 3. The highest BCUT2D eigenvalue weighted by atomic mass is 19.1. The predicted octanol–water partition coefficient (Wildman–Crippen LogP) is 3.36. The van der Waals surface area contributed by atoms with Crippen molar-refractivity contribution in [3.05, 3.63) is 65.5 Å². The standard InChI is InChI=1S/C16H14FN3O/c1-20(11-13-2-6-14(17)7-3-13)16(21)19-15-8-4-12(10-18)5-9-15/h2-9H,11H2,1H3,(H,19,21). The number of amides is 2. The molecule has 0 saturated heterocycles. The molecule has 0 aliphatic heterocycles. The highest BCUT2D eigenvalue weighted by molar-refractivity contribution is 5.89. The van der Waals surface area contributed by atoms with Crippen LogP contribution in [0.2, 0.25) is 0 Å². The van der Waals surface area contributed by atoms with Crippen molar-refractivity contribution in [1.82, 2.24) is 4.90 Å². The van der Waals surface area contributed by atoms with Crippen LogP contribution < -0.4 is 5.32 Å². The molecule has 0 atom stereocenters. The summed E-state index contributed by atoms with van der Waals surface area (Å²) in [6.07, 6.45) is 0. The van der Waals surface area contributed by atoms with Crippen LogP contribution in [0.25, 0.3) is 0 Å². The molecular formula is C16H14FN3O. The molecule has 2 amide bonds. The number of carbonyl (C=O) groups excluding carboxylic acids is 1. The molecule has 0 saturated carbocycles. The Kier molecular flexibility index (Phi) is 4.52. The van der Waals surface area contributed by atoms with E-state index in [2.05, 4.69) is 5.32 Å². The number of nitriles is 1. The second-order valence-electron chi connectivity index (χ2n) is 4.60. The molecule has 0 radical (unpaired) electrons. The third-order valence-corrected chi connectivity index (χ3v) is 2.94. The predicted molar refractivity (Wildman–Crippen MR) is 78.0 cm³/mol. The maximum atomic E-state index is 12.8. The molecule has 106 valence electrons. The average Bonchev–Trinajstić information content (AvgIpc) is 2.50. The van der Waals surface area contributed by atoms with E-state index in [0.29, 0.717) is 17.8 Å². The highest BCUT2D eigenvalue weighted by Gasteiger charge is 2.09. The number of halogens is 1. The van der Waals surface area contributed by atoms with Gasteiger partial charge in [-0.25, -0.2) is 9.18 Å². The number of hydrogen-bond acceptors (Lipinski definition) is 2. The van der Waals surface area contributed by atoms with Gasteiger partial charge in [0.1, 0.15) is 5.82 Å². The summed E-state index contributed by atoms with van der Waals surface area (Å²) >= 11 is 0. The van der Waals surface area contributed by atoms with Crippen LogP contribution in [0.15, 0.2) is 48.5 Å².